The predicted molar refractivity (Wildman–Crippen MR) is 73.7 cm³/mol. The Labute approximate surface area is 107 Å². The molecule has 1 unspecified atom stereocenters. The van der Waals surface area contributed by atoms with Crippen molar-refractivity contribution in [2.24, 2.45) is 0 Å². The number of hydrogen-bond donors (Lipinski definition) is 2. The topological polar surface area (TPSA) is 49.8 Å². The van der Waals surface area contributed by atoms with E-state index in [0.29, 0.717) is 6.04 Å². The number of aromatic nitrogens is 2. The summed E-state index contributed by atoms with van der Waals surface area (Å²) in [5.74, 6) is 0.965. The smallest absolute Gasteiger partial charge is 0.137 e. The van der Waals surface area contributed by atoms with Gasteiger partial charge < -0.3 is 10.6 Å². The highest BCUT2D eigenvalue weighted by Gasteiger charge is 2.13. The van der Waals surface area contributed by atoms with E-state index in [2.05, 4.69) is 26.7 Å². The molecule has 0 amide bonds. The van der Waals surface area contributed by atoms with Gasteiger partial charge >= 0.3 is 0 Å². The zero-order chi connectivity index (χ0) is 12.2. The number of nitrogens with zero attached hydrogens (tertiary/aromatic N) is 2. The molecular formula is C14H18N4. The fourth-order valence-corrected chi connectivity index (χ4v) is 2.48. The van der Waals surface area contributed by atoms with Crippen molar-refractivity contribution in [3.63, 3.8) is 0 Å². The maximum atomic E-state index is 4.39. The molecule has 94 valence electrons. The third-order valence-corrected chi connectivity index (χ3v) is 3.46. The lowest BCUT2D eigenvalue weighted by Crippen LogP contribution is -2.22. The van der Waals surface area contributed by atoms with Crippen LogP contribution in [0, 0.1) is 0 Å². The minimum atomic E-state index is 0.512. The van der Waals surface area contributed by atoms with Gasteiger partial charge in [-0.2, -0.15) is 0 Å². The molecule has 4 heteroatoms. The summed E-state index contributed by atoms with van der Waals surface area (Å²) < 4.78 is 0. The maximum absolute atomic E-state index is 4.39. The average Bonchev–Trinajstić information content (AvgIpc) is 2.68. The zero-order valence-corrected chi connectivity index (χ0v) is 10.4. The minimum absolute atomic E-state index is 0.512. The summed E-state index contributed by atoms with van der Waals surface area (Å²) >= 11 is 0. The summed E-state index contributed by atoms with van der Waals surface area (Å²) in [7, 11) is 0. The van der Waals surface area contributed by atoms with Crippen molar-refractivity contribution >= 4 is 16.7 Å². The first-order chi connectivity index (χ1) is 8.93. The van der Waals surface area contributed by atoms with Crippen LogP contribution >= 0.6 is 0 Å². The molecule has 4 nitrogen and oxygen atoms in total. The van der Waals surface area contributed by atoms with Gasteiger partial charge in [0.25, 0.3) is 0 Å². The highest BCUT2D eigenvalue weighted by Crippen LogP contribution is 2.21. The Balaban J connectivity index is 1.85. The van der Waals surface area contributed by atoms with E-state index < -0.39 is 0 Å². The summed E-state index contributed by atoms with van der Waals surface area (Å²) in [4.78, 5) is 8.68. The highest BCUT2D eigenvalue weighted by molar-refractivity contribution is 5.88. The Bertz CT molecular complexity index is 513. The third-order valence-electron chi connectivity index (χ3n) is 3.46. The van der Waals surface area contributed by atoms with Crippen LogP contribution in [0.2, 0.25) is 0 Å². The lowest BCUT2D eigenvalue weighted by atomic mass is 10.1. The third kappa shape index (κ3) is 2.43. The Morgan fingerprint density at radius 3 is 3.06 bits per heavy atom. The van der Waals surface area contributed by atoms with Gasteiger partial charge in [-0.15, -0.1) is 0 Å². The normalized spacial score (nSPS) is 20.6. The Morgan fingerprint density at radius 1 is 1.11 bits per heavy atom. The number of rotatable bonds is 2. The molecular weight excluding hydrogens is 224 g/mol. The predicted octanol–water partition coefficient (Wildman–Crippen LogP) is 2.18. The average molecular weight is 242 g/mol. The van der Waals surface area contributed by atoms with Gasteiger partial charge in [-0.3, -0.25) is 0 Å². The molecule has 2 N–H and O–H groups in total. The zero-order valence-electron chi connectivity index (χ0n) is 10.4. The second-order valence-electron chi connectivity index (χ2n) is 4.76. The van der Waals surface area contributed by atoms with E-state index in [-0.39, 0.29) is 0 Å². The molecule has 0 bridgehead atoms. The quantitative estimate of drug-likeness (QED) is 0.847. The van der Waals surface area contributed by atoms with Gasteiger partial charge in [0, 0.05) is 11.4 Å². The Kier molecular flexibility index (Phi) is 3.37. The van der Waals surface area contributed by atoms with E-state index in [1.165, 1.54) is 12.8 Å². The Morgan fingerprint density at radius 2 is 2.06 bits per heavy atom. The van der Waals surface area contributed by atoms with Gasteiger partial charge in [0.2, 0.25) is 0 Å². The van der Waals surface area contributed by atoms with Crippen LogP contribution in [-0.2, 0) is 0 Å². The molecule has 1 fully saturated rings. The van der Waals surface area contributed by atoms with Gasteiger partial charge in [-0.05, 0) is 44.5 Å². The molecule has 1 aromatic heterocycles. The van der Waals surface area contributed by atoms with E-state index in [0.717, 1.165) is 36.2 Å². The van der Waals surface area contributed by atoms with Gasteiger partial charge in [0.15, 0.2) is 0 Å². The van der Waals surface area contributed by atoms with E-state index in [4.69, 9.17) is 0 Å². The molecule has 0 spiro atoms. The molecule has 0 saturated carbocycles. The van der Waals surface area contributed by atoms with Crippen LogP contribution in [0.25, 0.3) is 10.9 Å². The number of anilines is 1. The van der Waals surface area contributed by atoms with Crippen molar-refractivity contribution < 1.29 is 0 Å². The van der Waals surface area contributed by atoms with E-state index in [9.17, 15) is 0 Å². The standard InChI is InChI=1S/C14H18N4/c1-2-6-13-12(5-1)14(17-10-16-13)18-11-4-3-8-15-9-7-11/h1-2,5-6,10-11,15H,3-4,7-9H2,(H,16,17,18). The van der Waals surface area contributed by atoms with Crippen LogP contribution in [0.3, 0.4) is 0 Å². The molecule has 1 atom stereocenters. The molecule has 2 heterocycles. The van der Waals surface area contributed by atoms with Crippen molar-refractivity contribution in [3.05, 3.63) is 30.6 Å². The highest BCUT2D eigenvalue weighted by atomic mass is 15.0. The molecule has 1 aliphatic heterocycles. The van der Waals surface area contributed by atoms with Crippen LogP contribution in [-0.4, -0.2) is 29.1 Å². The van der Waals surface area contributed by atoms with Crippen LogP contribution in [0.1, 0.15) is 19.3 Å². The van der Waals surface area contributed by atoms with Gasteiger partial charge in [-0.25, -0.2) is 9.97 Å². The first-order valence-corrected chi connectivity index (χ1v) is 6.60. The lowest BCUT2D eigenvalue weighted by molar-refractivity contribution is 0.635. The molecule has 1 aromatic carbocycles. The number of nitrogens with one attached hydrogen (secondary N) is 2. The summed E-state index contributed by atoms with van der Waals surface area (Å²) in [6.07, 6.45) is 5.21. The fraction of sp³-hybridized carbons (Fsp3) is 0.429. The van der Waals surface area contributed by atoms with Gasteiger partial charge in [-0.1, -0.05) is 12.1 Å². The largest absolute Gasteiger partial charge is 0.367 e. The van der Waals surface area contributed by atoms with Crippen LogP contribution in [0.4, 0.5) is 5.82 Å². The molecule has 2 aromatic rings. The van der Waals surface area contributed by atoms with Crippen LogP contribution in [0.5, 0.6) is 0 Å². The summed E-state index contributed by atoms with van der Waals surface area (Å²) in [6, 6.07) is 8.65. The molecule has 18 heavy (non-hydrogen) atoms. The van der Waals surface area contributed by atoms with Crippen molar-refractivity contribution in [2.75, 3.05) is 18.4 Å². The molecule has 3 rings (SSSR count). The first kappa shape index (κ1) is 11.4. The number of para-hydroxylation sites is 1. The van der Waals surface area contributed by atoms with Crippen LogP contribution < -0.4 is 10.6 Å². The SMILES string of the molecule is c1ccc2c(NC3CCCNCC3)ncnc2c1. The van der Waals surface area contributed by atoms with E-state index >= 15 is 0 Å². The van der Waals surface area contributed by atoms with Crippen molar-refractivity contribution in [1.82, 2.24) is 15.3 Å². The first-order valence-electron chi connectivity index (χ1n) is 6.60. The minimum Gasteiger partial charge on any atom is -0.367 e. The fourth-order valence-electron chi connectivity index (χ4n) is 2.48. The second-order valence-corrected chi connectivity index (χ2v) is 4.76. The van der Waals surface area contributed by atoms with E-state index in [1.54, 1.807) is 6.33 Å². The number of hydrogen-bond acceptors (Lipinski definition) is 4. The summed E-state index contributed by atoms with van der Waals surface area (Å²) in [5.41, 5.74) is 1.00. The molecule has 0 aliphatic carbocycles. The monoisotopic (exact) mass is 242 g/mol. The number of fused-ring (bicyclic) bond motifs is 1. The summed E-state index contributed by atoms with van der Waals surface area (Å²) in [5, 5.41) is 8.11. The lowest BCUT2D eigenvalue weighted by Gasteiger charge is -2.17. The van der Waals surface area contributed by atoms with E-state index in [1.807, 2.05) is 18.2 Å². The second kappa shape index (κ2) is 5.31. The van der Waals surface area contributed by atoms with Crippen molar-refractivity contribution in [2.45, 2.75) is 25.3 Å². The molecule has 1 aliphatic rings. The maximum Gasteiger partial charge on any atom is 0.137 e. The van der Waals surface area contributed by atoms with Gasteiger partial charge in [0.1, 0.15) is 12.1 Å². The van der Waals surface area contributed by atoms with Crippen LogP contribution in [0.15, 0.2) is 30.6 Å². The number of benzene rings is 1. The summed E-state index contributed by atoms with van der Waals surface area (Å²) in [6.45, 7) is 2.21. The molecule has 1 saturated heterocycles. The van der Waals surface area contributed by atoms with Crippen molar-refractivity contribution in [1.29, 1.82) is 0 Å². The van der Waals surface area contributed by atoms with Gasteiger partial charge in [0.05, 0.1) is 5.52 Å². The van der Waals surface area contributed by atoms with Crippen molar-refractivity contribution in [3.8, 4) is 0 Å². The Hall–Kier alpha value is -1.68. The molecule has 0 radical (unpaired) electrons.